The molecule has 0 atom stereocenters. The third-order valence-electron chi connectivity index (χ3n) is 2.84. The number of imidazole rings is 1. The maximum Gasteiger partial charge on any atom is 0.161 e. The van der Waals surface area contributed by atoms with E-state index in [1.807, 2.05) is 36.7 Å². The summed E-state index contributed by atoms with van der Waals surface area (Å²) >= 11 is 0. The van der Waals surface area contributed by atoms with E-state index in [1.54, 1.807) is 12.5 Å². The van der Waals surface area contributed by atoms with E-state index in [2.05, 4.69) is 4.98 Å². The van der Waals surface area contributed by atoms with Crippen molar-refractivity contribution in [2.75, 3.05) is 6.61 Å². The standard InChI is InChI=1S/C14H19N3O2/c1-3-18-14-6-11(7-15)4-5-13(14)19-9-12-8-16-10-17(12)2/h4-6,8,10H,3,7,9,15H2,1-2H3. The number of aryl methyl sites for hydroxylation is 1. The molecule has 102 valence electrons. The van der Waals surface area contributed by atoms with Gasteiger partial charge in [-0.05, 0) is 24.6 Å². The molecule has 19 heavy (non-hydrogen) atoms. The van der Waals surface area contributed by atoms with Crippen LogP contribution in [0.5, 0.6) is 11.5 Å². The zero-order valence-corrected chi connectivity index (χ0v) is 11.3. The van der Waals surface area contributed by atoms with E-state index in [-0.39, 0.29) is 0 Å². The molecule has 0 aliphatic carbocycles. The molecule has 0 aliphatic rings. The Hall–Kier alpha value is -2.01. The SMILES string of the molecule is CCOc1cc(CN)ccc1OCc1cncn1C. The van der Waals surface area contributed by atoms with Crippen LogP contribution in [0.2, 0.25) is 0 Å². The molecule has 1 aromatic carbocycles. The van der Waals surface area contributed by atoms with Crippen LogP contribution in [0.3, 0.4) is 0 Å². The average molecular weight is 261 g/mol. The van der Waals surface area contributed by atoms with Gasteiger partial charge in [-0.3, -0.25) is 0 Å². The molecule has 0 radical (unpaired) electrons. The van der Waals surface area contributed by atoms with Gasteiger partial charge in [0.1, 0.15) is 6.61 Å². The molecule has 0 spiro atoms. The van der Waals surface area contributed by atoms with E-state index in [9.17, 15) is 0 Å². The number of hydrogen-bond donors (Lipinski definition) is 1. The number of nitrogens with two attached hydrogens (primary N) is 1. The quantitative estimate of drug-likeness (QED) is 0.862. The summed E-state index contributed by atoms with van der Waals surface area (Å²) in [7, 11) is 1.94. The summed E-state index contributed by atoms with van der Waals surface area (Å²) in [6.45, 7) is 3.48. The molecule has 0 bridgehead atoms. The third kappa shape index (κ3) is 3.26. The largest absolute Gasteiger partial charge is 0.490 e. The number of aromatic nitrogens is 2. The number of ether oxygens (including phenoxy) is 2. The molecule has 0 saturated heterocycles. The monoisotopic (exact) mass is 261 g/mol. The first-order valence-electron chi connectivity index (χ1n) is 6.28. The van der Waals surface area contributed by atoms with Crippen molar-refractivity contribution in [3.63, 3.8) is 0 Å². The molecule has 5 heteroatoms. The normalized spacial score (nSPS) is 10.5. The third-order valence-corrected chi connectivity index (χ3v) is 2.84. The summed E-state index contributed by atoms with van der Waals surface area (Å²) < 4.78 is 13.3. The lowest BCUT2D eigenvalue weighted by molar-refractivity contribution is 0.264. The highest BCUT2D eigenvalue weighted by molar-refractivity contribution is 5.43. The summed E-state index contributed by atoms with van der Waals surface area (Å²) in [5.41, 5.74) is 7.66. The highest BCUT2D eigenvalue weighted by Gasteiger charge is 2.07. The maximum atomic E-state index is 5.79. The second-order valence-electron chi connectivity index (χ2n) is 4.20. The van der Waals surface area contributed by atoms with Gasteiger partial charge < -0.3 is 19.8 Å². The highest BCUT2D eigenvalue weighted by atomic mass is 16.5. The Labute approximate surface area is 113 Å². The minimum Gasteiger partial charge on any atom is -0.490 e. The van der Waals surface area contributed by atoms with Gasteiger partial charge in [0.15, 0.2) is 11.5 Å². The van der Waals surface area contributed by atoms with Crippen molar-refractivity contribution in [1.82, 2.24) is 9.55 Å². The van der Waals surface area contributed by atoms with E-state index < -0.39 is 0 Å². The minimum atomic E-state index is 0.457. The smallest absolute Gasteiger partial charge is 0.161 e. The molecule has 0 saturated carbocycles. The predicted octanol–water partition coefficient (Wildman–Crippen LogP) is 1.86. The molecular weight excluding hydrogens is 242 g/mol. The van der Waals surface area contributed by atoms with Crippen LogP contribution in [0, 0.1) is 0 Å². The van der Waals surface area contributed by atoms with Gasteiger partial charge >= 0.3 is 0 Å². The summed E-state index contributed by atoms with van der Waals surface area (Å²) in [5.74, 6) is 1.45. The Morgan fingerprint density at radius 1 is 1.26 bits per heavy atom. The van der Waals surface area contributed by atoms with Gasteiger partial charge in [0.2, 0.25) is 0 Å². The Bertz CT molecular complexity index is 537. The fourth-order valence-electron chi connectivity index (χ4n) is 1.74. The Balaban J connectivity index is 2.12. The van der Waals surface area contributed by atoms with Crippen LogP contribution < -0.4 is 15.2 Å². The van der Waals surface area contributed by atoms with Crippen molar-refractivity contribution in [2.45, 2.75) is 20.1 Å². The van der Waals surface area contributed by atoms with Crippen LogP contribution in [-0.4, -0.2) is 16.2 Å². The number of rotatable bonds is 6. The molecule has 2 N–H and O–H groups in total. The minimum absolute atomic E-state index is 0.457. The van der Waals surface area contributed by atoms with Crippen LogP contribution in [0.1, 0.15) is 18.2 Å². The van der Waals surface area contributed by atoms with E-state index in [4.69, 9.17) is 15.2 Å². The van der Waals surface area contributed by atoms with Gasteiger partial charge in [0.25, 0.3) is 0 Å². The van der Waals surface area contributed by atoms with Crippen molar-refractivity contribution < 1.29 is 9.47 Å². The summed E-state index contributed by atoms with van der Waals surface area (Å²) in [5, 5.41) is 0. The molecule has 1 aromatic heterocycles. The Morgan fingerprint density at radius 3 is 2.74 bits per heavy atom. The zero-order valence-electron chi connectivity index (χ0n) is 11.3. The first-order chi connectivity index (χ1) is 9.24. The van der Waals surface area contributed by atoms with Crippen molar-refractivity contribution in [3.8, 4) is 11.5 Å². The molecule has 0 aliphatic heterocycles. The van der Waals surface area contributed by atoms with Gasteiger partial charge in [-0.15, -0.1) is 0 Å². The van der Waals surface area contributed by atoms with Gasteiger partial charge in [-0.1, -0.05) is 6.07 Å². The van der Waals surface area contributed by atoms with E-state index >= 15 is 0 Å². The summed E-state index contributed by atoms with van der Waals surface area (Å²) in [4.78, 5) is 4.06. The second kappa shape index (κ2) is 6.24. The van der Waals surface area contributed by atoms with Gasteiger partial charge in [0, 0.05) is 13.6 Å². The Morgan fingerprint density at radius 2 is 2.11 bits per heavy atom. The van der Waals surface area contributed by atoms with Crippen LogP contribution in [0.15, 0.2) is 30.7 Å². The number of benzene rings is 1. The molecule has 1 heterocycles. The zero-order chi connectivity index (χ0) is 13.7. The predicted molar refractivity (Wildman–Crippen MR) is 73.0 cm³/mol. The molecule has 2 rings (SSSR count). The van der Waals surface area contributed by atoms with Gasteiger partial charge in [-0.25, -0.2) is 4.98 Å². The second-order valence-corrected chi connectivity index (χ2v) is 4.20. The van der Waals surface area contributed by atoms with Crippen LogP contribution in [0.25, 0.3) is 0 Å². The van der Waals surface area contributed by atoms with Crippen LogP contribution in [-0.2, 0) is 20.2 Å². The lowest BCUT2D eigenvalue weighted by Gasteiger charge is -2.13. The topological polar surface area (TPSA) is 62.3 Å². The maximum absolute atomic E-state index is 5.79. The first kappa shape index (κ1) is 13.4. The fourth-order valence-corrected chi connectivity index (χ4v) is 1.74. The summed E-state index contributed by atoms with van der Waals surface area (Å²) in [6, 6.07) is 5.76. The molecule has 0 amide bonds. The number of hydrogen-bond acceptors (Lipinski definition) is 4. The van der Waals surface area contributed by atoms with Gasteiger partial charge in [0.05, 0.1) is 24.8 Å². The molecule has 5 nitrogen and oxygen atoms in total. The lowest BCUT2D eigenvalue weighted by atomic mass is 10.2. The highest BCUT2D eigenvalue weighted by Crippen LogP contribution is 2.29. The fraction of sp³-hybridized carbons (Fsp3) is 0.357. The first-order valence-corrected chi connectivity index (χ1v) is 6.28. The van der Waals surface area contributed by atoms with Crippen molar-refractivity contribution in [1.29, 1.82) is 0 Å². The van der Waals surface area contributed by atoms with Crippen molar-refractivity contribution >= 4 is 0 Å². The molecule has 0 unspecified atom stereocenters. The lowest BCUT2D eigenvalue weighted by Crippen LogP contribution is -2.04. The summed E-state index contributed by atoms with van der Waals surface area (Å²) in [6.07, 6.45) is 3.54. The van der Waals surface area contributed by atoms with Crippen molar-refractivity contribution in [2.24, 2.45) is 12.8 Å². The molecule has 2 aromatic rings. The molecule has 0 fully saturated rings. The average Bonchev–Trinajstić information content (AvgIpc) is 2.83. The van der Waals surface area contributed by atoms with Crippen LogP contribution in [0.4, 0.5) is 0 Å². The molecular formula is C14H19N3O2. The van der Waals surface area contributed by atoms with E-state index in [0.717, 1.165) is 22.8 Å². The number of nitrogens with zero attached hydrogens (tertiary/aromatic N) is 2. The van der Waals surface area contributed by atoms with Crippen LogP contribution >= 0.6 is 0 Å². The van der Waals surface area contributed by atoms with Gasteiger partial charge in [-0.2, -0.15) is 0 Å². The van der Waals surface area contributed by atoms with E-state index in [0.29, 0.717) is 19.8 Å². The Kier molecular flexibility index (Phi) is 4.41. The van der Waals surface area contributed by atoms with E-state index in [1.165, 1.54) is 0 Å². The van der Waals surface area contributed by atoms with Crippen molar-refractivity contribution in [3.05, 3.63) is 42.0 Å².